The highest BCUT2D eigenvalue weighted by Crippen LogP contribution is 2.26. The molecule has 118 valence electrons. The highest BCUT2D eigenvalue weighted by atomic mass is 35.5. The molecule has 0 aliphatic heterocycles. The van der Waals surface area contributed by atoms with Gasteiger partial charge in [-0.15, -0.1) is 11.3 Å². The Balaban J connectivity index is 1.54. The summed E-state index contributed by atoms with van der Waals surface area (Å²) in [5.74, 6) is -0.282. The summed E-state index contributed by atoms with van der Waals surface area (Å²) in [6.45, 7) is 0. The molecule has 0 unspecified atom stereocenters. The highest BCUT2D eigenvalue weighted by Gasteiger charge is 2.13. The fraction of sp³-hybridized carbons (Fsp3) is 0. The number of nitrogens with one attached hydrogen (secondary N) is 1. The van der Waals surface area contributed by atoms with Crippen molar-refractivity contribution < 1.29 is 4.79 Å². The number of imidazole rings is 1. The summed E-state index contributed by atoms with van der Waals surface area (Å²) in [5, 5.41) is 5.88. The van der Waals surface area contributed by atoms with Gasteiger partial charge in [0.25, 0.3) is 5.91 Å². The van der Waals surface area contributed by atoms with Crippen molar-refractivity contribution in [2.24, 2.45) is 0 Å². The monoisotopic (exact) mass is 354 g/mol. The predicted molar refractivity (Wildman–Crippen MR) is 95.7 cm³/mol. The number of carbonyl (C=O) groups is 1. The second kappa shape index (κ2) is 6.07. The maximum Gasteiger partial charge on any atom is 0.277 e. The summed E-state index contributed by atoms with van der Waals surface area (Å²) in [7, 11) is 0. The Morgan fingerprint density at radius 1 is 1.12 bits per heavy atom. The van der Waals surface area contributed by atoms with E-state index in [2.05, 4.69) is 15.3 Å². The number of amides is 1. The topological polar surface area (TPSA) is 59.3 Å². The van der Waals surface area contributed by atoms with Gasteiger partial charge in [0.15, 0.2) is 5.13 Å². The van der Waals surface area contributed by atoms with Crippen LogP contribution in [0.4, 0.5) is 5.13 Å². The number of fused-ring (bicyclic) bond motifs is 1. The maximum atomic E-state index is 12.3. The van der Waals surface area contributed by atoms with Gasteiger partial charge in [0, 0.05) is 28.4 Å². The van der Waals surface area contributed by atoms with Crippen LogP contribution in [-0.4, -0.2) is 20.3 Å². The number of aromatic nitrogens is 3. The number of halogens is 1. The van der Waals surface area contributed by atoms with Gasteiger partial charge in [-0.25, -0.2) is 9.97 Å². The zero-order chi connectivity index (χ0) is 16.5. The smallest absolute Gasteiger partial charge is 0.277 e. The SMILES string of the molecule is O=C(Nc1nc(-c2ccc(Cl)cc2)cs1)c1cn2ccccc2n1. The van der Waals surface area contributed by atoms with Crippen molar-refractivity contribution >= 4 is 39.6 Å². The molecule has 1 N–H and O–H groups in total. The van der Waals surface area contributed by atoms with E-state index in [1.165, 1.54) is 11.3 Å². The molecule has 3 heterocycles. The molecule has 7 heteroatoms. The van der Waals surface area contributed by atoms with Gasteiger partial charge in [-0.1, -0.05) is 29.8 Å². The van der Waals surface area contributed by atoms with E-state index in [1.54, 1.807) is 10.6 Å². The Hall–Kier alpha value is -2.70. The second-order valence-corrected chi connectivity index (χ2v) is 6.39. The molecule has 0 atom stereocenters. The number of thiazole rings is 1. The van der Waals surface area contributed by atoms with Crippen LogP contribution >= 0.6 is 22.9 Å². The van der Waals surface area contributed by atoms with Crippen LogP contribution in [-0.2, 0) is 0 Å². The van der Waals surface area contributed by atoms with E-state index in [0.717, 1.165) is 16.9 Å². The number of carbonyl (C=O) groups excluding carboxylic acids is 1. The first-order chi connectivity index (χ1) is 11.7. The Morgan fingerprint density at radius 3 is 2.75 bits per heavy atom. The minimum Gasteiger partial charge on any atom is -0.306 e. The third kappa shape index (κ3) is 2.89. The van der Waals surface area contributed by atoms with Crippen molar-refractivity contribution in [2.75, 3.05) is 5.32 Å². The maximum absolute atomic E-state index is 12.3. The molecule has 0 saturated heterocycles. The largest absolute Gasteiger partial charge is 0.306 e. The van der Waals surface area contributed by atoms with Crippen LogP contribution in [0.2, 0.25) is 5.02 Å². The van der Waals surface area contributed by atoms with E-state index < -0.39 is 0 Å². The zero-order valence-corrected chi connectivity index (χ0v) is 13.9. The van der Waals surface area contributed by atoms with Gasteiger partial charge >= 0.3 is 0 Å². The van der Waals surface area contributed by atoms with Crippen LogP contribution < -0.4 is 5.32 Å². The first kappa shape index (κ1) is 14.9. The third-order valence-electron chi connectivity index (χ3n) is 3.46. The van der Waals surface area contributed by atoms with Crippen LogP contribution in [0.25, 0.3) is 16.9 Å². The normalized spacial score (nSPS) is 10.9. The van der Waals surface area contributed by atoms with Gasteiger partial charge in [0.05, 0.1) is 5.69 Å². The van der Waals surface area contributed by atoms with Crippen molar-refractivity contribution in [3.8, 4) is 11.3 Å². The standard InChI is InChI=1S/C17H11ClN4OS/c18-12-6-4-11(5-7-12)14-10-24-17(20-14)21-16(23)13-9-22-8-2-1-3-15(22)19-13/h1-10H,(H,20,21,23). The van der Waals surface area contributed by atoms with Gasteiger partial charge in [0.1, 0.15) is 11.3 Å². The number of benzene rings is 1. The van der Waals surface area contributed by atoms with Crippen molar-refractivity contribution in [2.45, 2.75) is 0 Å². The minimum absolute atomic E-state index is 0.282. The van der Waals surface area contributed by atoms with Crippen molar-refractivity contribution in [1.29, 1.82) is 0 Å². The van der Waals surface area contributed by atoms with E-state index in [1.807, 2.05) is 54.0 Å². The van der Waals surface area contributed by atoms with Crippen LogP contribution in [0.15, 0.2) is 60.2 Å². The van der Waals surface area contributed by atoms with Crippen LogP contribution in [0.1, 0.15) is 10.5 Å². The quantitative estimate of drug-likeness (QED) is 0.594. The van der Waals surface area contributed by atoms with E-state index in [4.69, 9.17) is 11.6 Å². The number of rotatable bonds is 3. The summed E-state index contributed by atoms with van der Waals surface area (Å²) in [4.78, 5) is 21.1. The van der Waals surface area contributed by atoms with Crippen molar-refractivity contribution in [1.82, 2.24) is 14.4 Å². The summed E-state index contributed by atoms with van der Waals surface area (Å²) >= 11 is 7.26. The molecule has 24 heavy (non-hydrogen) atoms. The molecule has 0 aliphatic carbocycles. The van der Waals surface area contributed by atoms with Gasteiger partial charge in [0.2, 0.25) is 0 Å². The molecule has 0 spiro atoms. The molecular weight excluding hydrogens is 344 g/mol. The second-order valence-electron chi connectivity index (χ2n) is 5.09. The molecule has 1 amide bonds. The summed E-state index contributed by atoms with van der Waals surface area (Å²) in [6, 6.07) is 13.0. The molecule has 3 aromatic heterocycles. The molecule has 5 nitrogen and oxygen atoms in total. The Labute approximate surface area is 146 Å². The average Bonchev–Trinajstić information content (AvgIpc) is 3.22. The number of nitrogens with zero attached hydrogens (tertiary/aromatic N) is 3. The first-order valence-electron chi connectivity index (χ1n) is 7.15. The van der Waals surface area contributed by atoms with Gasteiger partial charge < -0.3 is 4.40 Å². The molecule has 0 radical (unpaired) electrons. The fourth-order valence-corrected chi connectivity index (χ4v) is 3.13. The Bertz CT molecular complexity index is 989. The van der Waals surface area contributed by atoms with Crippen LogP contribution in [0.5, 0.6) is 0 Å². The Morgan fingerprint density at radius 2 is 1.96 bits per heavy atom. The third-order valence-corrected chi connectivity index (χ3v) is 4.47. The molecule has 1 aromatic carbocycles. The number of hydrogen-bond acceptors (Lipinski definition) is 4. The number of pyridine rings is 1. The Kier molecular flexibility index (Phi) is 3.76. The average molecular weight is 355 g/mol. The van der Waals surface area contributed by atoms with Gasteiger partial charge in [-0.05, 0) is 24.3 Å². The summed E-state index contributed by atoms with van der Waals surface area (Å²) in [5.41, 5.74) is 2.82. The molecule has 0 aliphatic rings. The zero-order valence-electron chi connectivity index (χ0n) is 12.3. The molecule has 0 fully saturated rings. The molecule has 4 rings (SSSR count). The lowest BCUT2D eigenvalue weighted by Gasteiger charge is -1.98. The van der Waals surface area contributed by atoms with Gasteiger partial charge in [-0.3, -0.25) is 10.1 Å². The lowest BCUT2D eigenvalue weighted by molar-refractivity contribution is 0.102. The first-order valence-corrected chi connectivity index (χ1v) is 8.41. The van der Waals surface area contributed by atoms with E-state index >= 15 is 0 Å². The lowest BCUT2D eigenvalue weighted by atomic mass is 10.2. The predicted octanol–water partition coefficient (Wildman–Crippen LogP) is 4.36. The lowest BCUT2D eigenvalue weighted by Crippen LogP contribution is -2.12. The number of anilines is 1. The van der Waals surface area contributed by atoms with Gasteiger partial charge in [-0.2, -0.15) is 0 Å². The van der Waals surface area contributed by atoms with Crippen molar-refractivity contribution in [3.63, 3.8) is 0 Å². The molecule has 0 bridgehead atoms. The molecule has 4 aromatic rings. The van der Waals surface area contributed by atoms with Crippen molar-refractivity contribution in [3.05, 3.63) is 71.0 Å². The summed E-state index contributed by atoms with van der Waals surface area (Å²) in [6.07, 6.45) is 3.54. The minimum atomic E-state index is -0.282. The van der Waals surface area contributed by atoms with Crippen LogP contribution in [0, 0.1) is 0 Å². The number of hydrogen-bond donors (Lipinski definition) is 1. The van der Waals surface area contributed by atoms with Crippen LogP contribution in [0.3, 0.4) is 0 Å². The molecular formula is C17H11ClN4OS. The van der Waals surface area contributed by atoms with E-state index in [0.29, 0.717) is 15.8 Å². The molecule has 0 saturated carbocycles. The summed E-state index contributed by atoms with van der Waals surface area (Å²) < 4.78 is 1.80. The van der Waals surface area contributed by atoms with E-state index in [-0.39, 0.29) is 5.91 Å². The highest BCUT2D eigenvalue weighted by molar-refractivity contribution is 7.14. The fourth-order valence-electron chi connectivity index (χ4n) is 2.29. The van der Waals surface area contributed by atoms with E-state index in [9.17, 15) is 4.79 Å².